The van der Waals surface area contributed by atoms with Crippen LogP contribution in [0.2, 0.25) is 0 Å². The minimum atomic E-state index is -0.846. The largest absolute Gasteiger partial charge is 0.378 e. The summed E-state index contributed by atoms with van der Waals surface area (Å²) in [6, 6.07) is 0. The Balaban J connectivity index is 1.84. The fourth-order valence-electron chi connectivity index (χ4n) is 3.06. The van der Waals surface area contributed by atoms with Crippen LogP contribution in [0.3, 0.4) is 0 Å². The van der Waals surface area contributed by atoms with Gasteiger partial charge < -0.3 is 20.4 Å². The molecule has 0 aromatic carbocycles. The van der Waals surface area contributed by atoms with Crippen molar-refractivity contribution in [2.45, 2.75) is 52.3 Å². The highest BCUT2D eigenvalue weighted by atomic mass is 16.5. The fourth-order valence-corrected chi connectivity index (χ4v) is 3.06. The molecule has 2 rings (SSSR count). The summed E-state index contributed by atoms with van der Waals surface area (Å²) >= 11 is 0. The summed E-state index contributed by atoms with van der Waals surface area (Å²) < 4.78 is 7.67. The molecule has 6 heteroatoms. The summed E-state index contributed by atoms with van der Waals surface area (Å²) in [5.41, 5.74) is 5.17. The summed E-state index contributed by atoms with van der Waals surface area (Å²) in [6.45, 7) is 10.1. The molecule has 1 amide bonds. The van der Waals surface area contributed by atoms with E-state index in [0.717, 1.165) is 6.54 Å². The van der Waals surface area contributed by atoms with Gasteiger partial charge in [0.05, 0.1) is 12.4 Å². The van der Waals surface area contributed by atoms with Gasteiger partial charge in [0.2, 0.25) is 5.91 Å². The van der Waals surface area contributed by atoms with Crippen LogP contribution in [0.4, 0.5) is 0 Å². The molecule has 0 saturated heterocycles. The summed E-state index contributed by atoms with van der Waals surface area (Å²) in [5.74, 6) is 0.235. The first kappa shape index (κ1) is 17.0. The van der Waals surface area contributed by atoms with E-state index in [4.69, 9.17) is 10.5 Å². The second kappa shape index (κ2) is 6.38. The maximum atomic E-state index is 12.5. The summed E-state index contributed by atoms with van der Waals surface area (Å²) in [5, 5.41) is 3.00. The van der Waals surface area contributed by atoms with E-state index in [-0.39, 0.29) is 17.4 Å². The molecule has 0 bridgehead atoms. The van der Waals surface area contributed by atoms with Crippen molar-refractivity contribution >= 4 is 5.91 Å². The molecule has 0 radical (unpaired) electrons. The van der Waals surface area contributed by atoms with Crippen LogP contribution in [0.1, 0.15) is 34.1 Å². The molecular formula is C16H28N4O2. The number of nitrogens with zero attached hydrogens (tertiary/aromatic N) is 2. The van der Waals surface area contributed by atoms with Crippen molar-refractivity contribution in [3.63, 3.8) is 0 Å². The van der Waals surface area contributed by atoms with Crippen LogP contribution < -0.4 is 11.1 Å². The van der Waals surface area contributed by atoms with E-state index >= 15 is 0 Å². The quantitative estimate of drug-likeness (QED) is 0.792. The SMILES string of the molecule is CCOC1CC(N)(C(=O)NCC(C)Cn2ccnc2)C1(C)C. The second-order valence-electron chi connectivity index (χ2n) is 6.92. The zero-order valence-electron chi connectivity index (χ0n) is 14.0. The zero-order chi connectivity index (χ0) is 16.4. The lowest BCUT2D eigenvalue weighted by molar-refractivity contribution is -0.170. The first-order valence-corrected chi connectivity index (χ1v) is 7.95. The van der Waals surface area contributed by atoms with Gasteiger partial charge in [-0.25, -0.2) is 4.98 Å². The zero-order valence-corrected chi connectivity index (χ0v) is 14.0. The fraction of sp³-hybridized carbons (Fsp3) is 0.750. The van der Waals surface area contributed by atoms with Crippen molar-refractivity contribution < 1.29 is 9.53 Å². The predicted octanol–water partition coefficient (Wildman–Crippen LogP) is 1.17. The number of carbonyl (C=O) groups excluding carboxylic acids is 1. The Labute approximate surface area is 132 Å². The van der Waals surface area contributed by atoms with Gasteiger partial charge in [-0.15, -0.1) is 0 Å². The van der Waals surface area contributed by atoms with Crippen LogP contribution in [0.15, 0.2) is 18.7 Å². The first-order chi connectivity index (χ1) is 10.3. The van der Waals surface area contributed by atoms with Crippen LogP contribution in [0.25, 0.3) is 0 Å². The summed E-state index contributed by atoms with van der Waals surface area (Å²) in [6.07, 6.45) is 6.09. The normalized spacial score (nSPS) is 28.0. The number of amides is 1. The van der Waals surface area contributed by atoms with E-state index in [0.29, 0.717) is 25.5 Å². The van der Waals surface area contributed by atoms with Gasteiger partial charge in [-0.2, -0.15) is 0 Å². The Morgan fingerprint density at radius 1 is 1.59 bits per heavy atom. The molecule has 3 atom stereocenters. The molecule has 22 heavy (non-hydrogen) atoms. The van der Waals surface area contributed by atoms with Gasteiger partial charge in [0.1, 0.15) is 5.54 Å². The topological polar surface area (TPSA) is 82.2 Å². The molecule has 1 heterocycles. The van der Waals surface area contributed by atoms with E-state index in [1.54, 1.807) is 12.5 Å². The third-order valence-electron chi connectivity index (χ3n) is 4.93. The molecule has 1 fully saturated rings. The predicted molar refractivity (Wildman–Crippen MR) is 85.1 cm³/mol. The van der Waals surface area contributed by atoms with Gasteiger partial charge in [0.25, 0.3) is 0 Å². The second-order valence-corrected chi connectivity index (χ2v) is 6.92. The highest BCUT2D eigenvalue weighted by molar-refractivity contribution is 5.88. The summed E-state index contributed by atoms with van der Waals surface area (Å²) in [7, 11) is 0. The first-order valence-electron chi connectivity index (χ1n) is 7.95. The number of nitrogens with two attached hydrogens (primary N) is 1. The molecule has 1 aromatic rings. The third-order valence-corrected chi connectivity index (χ3v) is 4.93. The Kier molecular flexibility index (Phi) is 4.92. The number of imidazole rings is 1. The van der Waals surface area contributed by atoms with Crippen LogP contribution in [-0.2, 0) is 16.1 Å². The van der Waals surface area contributed by atoms with Crippen LogP contribution in [0, 0.1) is 11.3 Å². The Morgan fingerprint density at radius 2 is 2.32 bits per heavy atom. The Hall–Kier alpha value is -1.40. The van der Waals surface area contributed by atoms with E-state index in [2.05, 4.69) is 17.2 Å². The minimum absolute atomic E-state index is 0.0524. The number of ether oxygens (including phenoxy) is 1. The highest BCUT2D eigenvalue weighted by Crippen LogP contribution is 2.49. The standard InChI is InChI=1S/C16H28N4O2/c1-5-22-13-8-16(17,15(13,3)4)14(21)19-9-12(2)10-20-7-6-18-11-20/h6-7,11-13H,5,8-10,17H2,1-4H3,(H,19,21). The van der Waals surface area contributed by atoms with Crippen LogP contribution in [-0.4, -0.2) is 40.3 Å². The molecular weight excluding hydrogens is 280 g/mol. The molecule has 1 aliphatic rings. The third kappa shape index (κ3) is 3.03. The molecule has 3 unspecified atom stereocenters. The molecule has 3 N–H and O–H groups in total. The molecule has 1 aliphatic carbocycles. The smallest absolute Gasteiger partial charge is 0.240 e. The van der Waals surface area contributed by atoms with Gasteiger partial charge in [-0.05, 0) is 12.8 Å². The lowest BCUT2D eigenvalue weighted by Gasteiger charge is -2.57. The van der Waals surface area contributed by atoms with E-state index in [9.17, 15) is 4.79 Å². The van der Waals surface area contributed by atoms with Crippen molar-refractivity contribution in [1.82, 2.24) is 14.9 Å². The maximum Gasteiger partial charge on any atom is 0.240 e. The average molecular weight is 308 g/mol. The van der Waals surface area contributed by atoms with Gasteiger partial charge in [0.15, 0.2) is 0 Å². The van der Waals surface area contributed by atoms with Crippen molar-refractivity contribution in [3.8, 4) is 0 Å². The number of rotatable bonds is 7. The number of hydrogen-bond acceptors (Lipinski definition) is 4. The van der Waals surface area contributed by atoms with Crippen molar-refractivity contribution in [2.75, 3.05) is 13.2 Å². The molecule has 6 nitrogen and oxygen atoms in total. The lowest BCUT2D eigenvalue weighted by atomic mass is 9.54. The van der Waals surface area contributed by atoms with Crippen LogP contribution >= 0.6 is 0 Å². The molecule has 1 aromatic heterocycles. The van der Waals surface area contributed by atoms with Crippen LogP contribution in [0.5, 0.6) is 0 Å². The van der Waals surface area contributed by atoms with Crippen molar-refractivity contribution in [2.24, 2.45) is 17.1 Å². The van der Waals surface area contributed by atoms with E-state index in [1.807, 2.05) is 31.5 Å². The maximum absolute atomic E-state index is 12.5. The highest BCUT2D eigenvalue weighted by Gasteiger charge is 2.62. The molecule has 0 aliphatic heterocycles. The summed E-state index contributed by atoms with van der Waals surface area (Å²) in [4.78, 5) is 16.5. The molecule has 124 valence electrons. The minimum Gasteiger partial charge on any atom is -0.378 e. The van der Waals surface area contributed by atoms with E-state index in [1.165, 1.54) is 0 Å². The monoisotopic (exact) mass is 308 g/mol. The lowest BCUT2D eigenvalue weighted by Crippen LogP contribution is -2.75. The number of carbonyl (C=O) groups is 1. The van der Waals surface area contributed by atoms with Crippen molar-refractivity contribution in [3.05, 3.63) is 18.7 Å². The number of nitrogens with one attached hydrogen (secondary N) is 1. The molecule has 0 spiro atoms. The van der Waals surface area contributed by atoms with Gasteiger partial charge >= 0.3 is 0 Å². The van der Waals surface area contributed by atoms with E-state index < -0.39 is 5.54 Å². The molecule has 1 saturated carbocycles. The Morgan fingerprint density at radius 3 is 2.86 bits per heavy atom. The van der Waals surface area contributed by atoms with Crippen molar-refractivity contribution in [1.29, 1.82) is 0 Å². The number of aromatic nitrogens is 2. The number of hydrogen-bond donors (Lipinski definition) is 2. The average Bonchev–Trinajstić information content (AvgIpc) is 2.97. The Bertz CT molecular complexity index is 500. The van der Waals surface area contributed by atoms with Gasteiger partial charge in [0, 0.05) is 43.9 Å². The van der Waals surface area contributed by atoms with Gasteiger partial charge in [-0.3, -0.25) is 4.79 Å². The van der Waals surface area contributed by atoms with Gasteiger partial charge in [-0.1, -0.05) is 20.8 Å².